The lowest BCUT2D eigenvalue weighted by Crippen LogP contribution is -2.43. The van der Waals surface area contributed by atoms with E-state index in [2.05, 4.69) is 29.6 Å². The lowest BCUT2D eigenvalue weighted by molar-refractivity contribution is -0.130. The molecule has 3 heteroatoms. The highest BCUT2D eigenvalue weighted by molar-refractivity contribution is 5.78. The number of rotatable bonds is 5. The number of fused-ring (bicyclic) bond motifs is 1. The number of nitrogens with one attached hydrogen (secondary N) is 1. The second-order valence-corrected chi connectivity index (χ2v) is 5.16. The Morgan fingerprint density at radius 2 is 1.95 bits per heavy atom. The number of hydrogen-bond acceptors (Lipinski definition) is 2. The lowest BCUT2D eigenvalue weighted by Gasteiger charge is -2.26. The van der Waals surface area contributed by atoms with E-state index in [4.69, 9.17) is 0 Å². The molecule has 1 N–H and O–H groups in total. The molecule has 0 heterocycles. The molecule has 0 aliphatic heterocycles. The summed E-state index contributed by atoms with van der Waals surface area (Å²) in [5, 5.41) is 3.42. The molecule has 0 spiro atoms. The maximum Gasteiger partial charge on any atom is 0.236 e. The largest absolute Gasteiger partial charge is 0.342 e. The molecule has 1 atom stereocenters. The molecule has 1 unspecified atom stereocenters. The Hall–Kier alpha value is -1.35. The van der Waals surface area contributed by atoms with Crippen molar-refractivity contribution in [2.24, 2.45) is 0 Å². The van der Waals surface area contributed by atoms with Gasteiger partial charge in [-0.2, -0.15) is 0 Å². The van der Waals surface area contributed by atoms with Gasteiger partial charge in [0, 0.05) is 19.1 Å². The van der Waals surface area contributed by atoms with Crippen LogP contribution in [0.3, 0.4) is 0 Å². The number of benzene rings is 1. The van der Waals surface area contributed by atoms with E-state index in [1.807, 2.05) is 18.7 Å². The van der Waals surface area contributed by atoms with Gasteiger partial charge in [0.25, 0.3) is 0 Å². The first-order valence-corrected chi connectivity index (χ1v) is 7.32. The van der Waals surface area contributed by atoms with Gasteiger partial charge in [-0.15, -0.1) is 0 Å². The van der Waals surface area contributed by atoms with E-state index >= 15 is 0 Å². The molecule has 104 valence electrons. The second kappa shape index (κ2) is 6.71. The van der Waals surface area contributed by atoms with Crippen molar-refractivity contribution in [3.8, 4) is 0 Å². The number of hydrogen-bond donors (Lipinski definition) is 1. The van der Waals surface area contributed by atoms with Crippen molar-refractivity contribution < 1.29 is 4.79 Å². The Kier molecular flexibility index (Phi) is 4.97. The molecule has 0 saturated heterocycles. The van der Waals surface area contributed by atoms with Crippen molar-refractivity contribution in [1.29, 1.82) is 0 Å². The fourth-order valence-corrected chi connectivity index (χ4v) is 2.79. The Morgan fingerprint density at radius 1 is 1.26 bits per heavy atom. The third-order valence-corrected chi connectivity index (χ3v) is 4.00. The quantitative estimate of drug-likeness (QED) is 0.878. The van der Waals surface area contributed by atoms with Crippen LogP contribution in [-0.4, -0.2) is 36.5 Å². The number of likely N-dealkylation sites (N-methyl/N-ethyl adjacent to an activating group) is 1. The normalized spacial score (nSPS) is 17.9. The lowest BCUT2D eigenvalue weighted by atomic mass is 9.88. The van der Waals surface area contributed by atoms with Crippen LogP contribution in [0.5, 0.6) is 0 Å². The van der Waals surface area contributed by atoms with Crippen molar-refractivity contribution in [3.63, 3.8) is 0 Å². The third kappa shape index (κ3) is 3.57. The first-order chi connectivity index (χ1) is 9.24. The summed E-state index contributed by atoms with van der Waals surface area (Å²) in [7, 11) is 0. The number of carbonyl (C=O) groups is 1. The highest BCUT2D eigenvalue weighted by atomic mass is 16.2. The molecule has 1 aromatic carbocycles. The van der Waals surface area contributed by atoms with Gasteiger partial charge in [0.2, 0.25) is 5.91 Å². The molecule has 19 heavy (non-hydrogen) atoms. The van der Waals surface area contributed by atoms with Gasteiger partial charge < -0.3 is 10.2 Å². The summed E-state index contributed by atoms with van der Waals surface area (Å²) < 4.78 is 0. The molecule has 1 aliphatic rings. The van der Waals surface area contributed by atoms with Crippen molar-refractivity contribution in [2.75, 3.05) is 19.6 Å². The van der Waals surface area contributed by atoms with Gasteiger partial charge >= 0.3 is 0 Å². The summed E-state index contributed by atoms with van der Waals surface area (Å²) in [6, 6.07) is 9.07. The second-order valence-electron chi connectivity index (χ2n) is 5.16. The Labute approximate surface area is 116 Å². The number of nitrogens with zero attached hydrogens (tertiary/aromatic N) is 1. The molecule has 0 bridgehead atoms. The smallest absolute Gasteiger partial charge is 0.236 e. The summed E-state index contributed by atoms with van der Waals surface area (Å²) in [6.07, 6.45) is 3.29. The van der Waals surface area contributed by atoms with E-state index in [1.54, 1.807) is 0 Å². The minimum absolute atomic E-state index is 0.212. The fraction of sp³-hybridized carbons (Fsp3) is 0.562. The molecule has 0 aromatic heterocycles. The minimum atomic E-state index is 0.212. The molecule has 1 aliphatic carbocycles. The predicted octanol–water partition coefficient (Wildman–Crippen LogP) is 2.00. The summed E-state index contributed by atoms with van der Waals surface area (Å²) in [5.74, 6) is 0.212. The molecule has 3 nitrogen and oxygen atoms in total. The van der Waals surface area contributed by atoms with E-state index in [-0.39, 0.29) is 5.91 Å². The predicted molar refractivity (Wildman–Crippen MR) is 78.2 cm³/mol. The Balaban J connectivity index is 1.84. The number of carbonyl (C=O) groups excluding carboxylic acids is 1. The molecule has 2 rings (SSSR count). The first kappa shape index (κ1) is 14.1. The molecular weight excluding hydrogens is 236 g/mol. The van der Waals surface area contributed by atoms with Gasteiger partial charge in [0.05, 0.1) is 6.54 Å². The monoisotopic (exact) mass is 260 g/mol. The highest BCUT2D eigenvalue weighted by Gasteiger charge is 2.19. The van der Waals surface area contributed by atoms with E-state index in [9.17, 15) is 4.79 Å². The Bertz CT molecular complexity index is 427. The highest BCUT2D eigenvalue weighted by Crippen LogP contribution is 2.20. The molecular formula is C16H24N2O. The van der Waals surface area contributed by atoms with Gasteiger partial charge in [-0.1, -0.05) is 24.3 Å². The van der Waals surface area contributed by atoms with Crippen LogP contribution in [0.2, 0.25) is 0 Å². The molecule has 0 radical (unpaired) electrons. The third-order valence-electron chi connectivity index (χ3n) is 4.00. The standard InChI is InChI=1S/C16H24N2O/c1-3-18(4-2)16(19)12-17-15-10-9-13-7-5-6-8-14(13)11-15/h5-8,15,17H,3-4,9-12H2,1-2H3. The van der Waals surface area contributed by atoms with E-state index in [0.717, 1.165) is 32.4 Å². The topological polar surface area (TPSA) is 32.3 Å². The van der Waals surface area contributed by atoms with Crippen molar-refractivity contribution >= 4 is 5.91 Å². The number of aryl methyl sites for hydroxylation is 1. The fourth-order valence-electron chi connectivity index (χ4n) is 2.79. The van der Waals surface area contributed by atoms with Crippen LogP contribution in [0.15, 0.2) is 24.3 Å². The van der Waals surface area contributed by atoms with E-state index in [0.29, 0.717) is 12.6 Å². The SMILES string of the molecule is CCN(CC)C(=O)CNC1CCc2ccccc2C1. The van der Waals surface area contributed by atoms with Crippen molar-refractivity contribution in [3.05, 3.63) is 35.4 Å². The van der Waals surface area contributed by atoms with Gasteiger partial charge in [-0.05, 0) is 44.2 Å². The molecule has 0 fully saturated rings. The number of amides is 1. The summed E-state index contributed by atoms with van der Waals surface area (Å²) in [4.78, 5) is 13.8. The minimum Gasteiger partial charge on any atom is -0.342 e. The summed E-state index contributed by atoms with van der Waals surface area (Å²) in [6.45, 7) is 6.11. The van der Waals surface area contributed by atoms with Crippen LogP contribution in [0, 0.1) is 0 Å². The van der Waals surface area contributed by atoms with Crippen molar-refractivity contribution in [1.82, 2.24) is 10.2 Å². The maximum absolute atomic E-state index is 12.0. The van der Waals surface area contributed by atoms with Gasteiger partial charge in [-0.3, -0.25) is 4.79 Å². The van der Waals surface area contributed by atoms with Gasteiger partial charge in [0.15, 0.2) is 0 Å². The Morgan fingerprint density at radius 3 is 2.63 bits per heavy atom. The van der Waals surface area contributed by atoms with Crippen LogP contribution in [0.1, 0.15) is 31.4 Å². The van der Waals surface area contributed by atoms with Crippen LogP contribution in [-0.2, 0) is 17.6 Å². The zero-order chi connectivity index (χ0) is 13.7. The van der Waals surface area contributed by atoms with Gasteiger partial charge in [0.1, 0.15) is 0 Å². The maximum atomic E-state index is 12.0. The first-order valence-electron chi connectivity index (χ1n) is 7.32. The van der Waals surface area contributed by atoms with E-state index in [1.165, 1.54) is 11.1 Å². The van der Waals surface area contributed by atoms with Crippen LogP contribution in [0.25, 0.3) is 0 Å². The van der Waals surface area contributed by atoms with Gasteiger partial charge in [-0.25, -0.2) is 0 Å². The average molecular weight is 260 g/mol. The van der Waals surface area contributed by atoms with Crippen LogP contribution >= 0.6 is 0 Å². The van der Waals surface area contributed by atoms with Crippen molar-refractivity contribution in [2.45, 2.75) is 39.2 Å². The van der Waals surface area contributed by atoms with E-state index < -0.39 is 0 Å². The van der Waals surface area contributed by atoms with Crippen LogP contribution in [0.4, 0.5) is 0 Å². The molecule has 1 aromatic rings. The molecule has 1 amide bonds. The summed E-state index contributed by atoms with van der Waals surface area (Å²) >= 11 is 0. The zero-order valence-corrected chi connectivity index (χ0v) is 12.0. The zero-order valence-electron chi connectivity index (χ0n) is 12.0. The average Bonchev–Trinajstić information content (AvgIpc) is 2.46. The van der Waals surface area contributed by atoms with Crippen LogP contribution < -0.4 is 5.32 Å². The molecule has 0 saturated carbocycles. The summed E-state index contributed by atoms with van der Waals surface area (Å²) in [5.41, 5.74) is 2.90.